The molecular weight excluding hydrogens is 148 g/mol. The highest BCUT2D eigenvalue weighted by atomic mass is 14.4. The molecule has 2 N–H and O–H groups in total. The second kappa shape index (κ2) is 6.38. The monoisotopic (exact) mass is 162 g/mol. The fourth-order valence-electron chi connectivity index (χ4n) is 0.815. The average molecular weight is 162 g/mol. The lowest BCUT2D eigenvalue weighted by molar-refractivity contribution is 1.14. The van der Waals surface area contributed by atoms with Crippen LogP contribution in [0.15, 0.2) is 24.3 Å². The molecule has 2 nitrogen and oxygen atoms in total. The highest BCUT2D eigenvalue weighted by molar-refractivity contribution is 5.31. The molecular formula is C10H14N2. The third-order valence-corrected chi connectivity index (χ3v) is 1.49. The molecule has 0 fully saturated rings. The molecule has 0 aliphatic rings. The first-order valence-electron chi connectivity index (χ1n) is 3.93. The molecule has 0 spiro atoms. The molecule has 1 aromatic rings. The van der Waals surface area contributed by atoms with E-state index in [1.54, 1.807) is 0 Å². The normalized spacial score (nSPS) is 7.83. The number of nitrogens with two attached hydrogens (primary N) is 1. The molecule has 0 saturated heterocycles. The van der Waals surface area contributed by atoms with Crippen molar-refractivity contribution in [3.8, 4) is 6.07 Å². The van der Waals surface area contributed by atoms with Crippen LogP contribution in [0.5, 0.6) is 0 Å². The van der Waals surface area contributed by atoms with Crippen LogP contribution in [0.25, 0.3) is 0 Å². The molecule has 64 valence electrons. The molecule has 1 aromatic carbocycles. The van der Waals surface area contributed by atoms with Crippen molar-refractivity contribution in [2.45, 2.75) is 13.3 Å². The van der Waals surface area contributed by atoms with Gasteiger partial charge in [-0.2, -0.15) is 5.26 Å². The molecule has 0 aliphatic carbocycles. The van der Waals surface area contributed by atoms with Gasteiger partial charge in [0.15, 0.2) is 0 Å². The van der Waals surface area contributed by atoms with Gasteiger partial charge in [-0.15, -0.1) is 0 Å². The highest BCUT2D eigenvalue weighted by Gasteiger charge is 1.88. The summed E-state index contributed by atoms with van der Waals surface area (Å²) in [5, 5.41) is 8.45. The highest BCUT2D eigenvalue weighted by Crippen LogP contribution is 2.02. The van der Waals surface area contributed by atoms with Crippen molar-refractivity contribution in [1.29, 1.82) is 5.26 Å². The van der Waals surface area contributed by atoms with E-state index in [1.165, 1.54) is 12.6 Å². The third kappa shape index (κ3) is 3.18. The van der Waals surface area contributed by atoms with Crippen molar-refractivity contribution < 1.29 is 0 Å². The van der Waals surface area contributed by atoms with Crippen LogP contribution in [0.2, 0.25) is 0 Å². The van der Waals surface area contributed by atoms with Crippen molar-refractivity contribution in [2.75, 3.05) is 7.05 Å². The fraction of sp³-hybridized carbons (Fsp3) is 0.300. The average Bonchev–Trinajstić information content (AvgIpc) is 2.21. The molecule has 0 aliphatic heterocycles. The van der Waals surface area contributed by atoms with Crippen molar-refractivity contribution in [3.63, 3.8) is 0 Å². The quantitative estimate of drug-likeness (QED) is 0.683. The largest absolute Gasteiger partial charge is 0.333 e. The van der Waals surface area contributed by atoms with E-state index in [0.717, 1.165) is 12.0 Å². The lowest BCUT2D eigenvalue weighted by atomic mass is 10.1. The van der Waals surface area contributed by atoms with Crippen molar-refractivity contribution in [2.24, 2.45) is 5.73 Å². The summed E-state index contributed by atoms with van der Waals surface area (Å²) in [6, 6.07) is 9.74. The maximum atomic E-state index is 8.45. The minimum absolute atomic E-state index is 0.734. The summed E-state index contributed by atoms with van der Waals surface area (Å²) < 4.78 is 0. The summed E-state index contributed by atoms with van der Waals surface area (Å²) in [4.78, 5) is 0. The van der Waals surface area contributed by atoms with Crippen LogP contribution < -0.4 is 5.73 Å². The Labute approximate surface area is 73.6 Å². The number of nitriles is 1. The van der Waals surface area contributed by atoms with Gasteiger partial charge < -0.3 is 5.73 Å². The van der Waals surface area contributed by atoms with Crippen LogP contribution in [0.4, 0.5) is 0 Å². The SMILES string of the molecule is CCc1ccc(C#N)cc1.CN. The lowest BCUT2D eigenvalue weighted by Crippen LogP contribution is -1.78. The Bertz CT molecular complexity index is 244. The summed E-state index contributed by atoms with van der Waals surface area (Å²) in [7, 11) is 1.50. The van der Waals surface area contributed by atoms with Gasteiger partial charge in [0.05, 0.1) is 11.6 Å². The Kier molecular flexibility index (Phi) is 5.68. The zero-order chi connectivity index (χ0) is 9.40. The molecule has 12 heavy (non-hydrogen) atoms. The van der Waals surface area contributed by atoms with E-state index in [2.05, 4.69) is 18.7 Å². The van der Waals surface area contributed by atoms with Crippen molar-refractivity contribution in [3.05, 3.63) is 35.4 Å². The van der Waals surface area contributed by atoms with Gasteiger partial charge in [0.2, 0.25) is 0 Å². The van der Waals surface area contributed by atoms with Gasteiger partial charge >= 0.3 is 0 Å². The first kappa shape index (κ1) is 10.7. The van der Waals surface area contributed by atoms with E-state index < -0.39 is 0 Å². The third-order valence-electron chi connectivity index (χ3n) is 1.49. The molecule has 0 atom stereocenters. The summed E-state index contributed by atoms with van der Waals surface area (Å²) in [5.74, 6) is 0. The summed E-state index contributed by atoms with van der Waals surface area (Å²) in [5.41, 5.74) is 6.51. The van der Waals surface area contributed by atoms with Crippen molar-refractivity contribution in [1.82, 2.24) is 0 Å². The molecule has 2 heteroatoms. The number of hydrogen-bond acceptors (Lipinski definition) is 2. The Morgan fingerprint density at radius 2 is 1.75 bits per heavy atom. The topological polar surface area (TPSA) is 49.8 Å². The summed E-state index contributed by atoms with van der Waals surface area (Å²) in [6.45, 7) is 2.10. The van der Waals surface area contributed by atoms with Gasteiger partial charge in [0.1, 0.15) is 0 Å². The Hall–Kier alpha value is -1.33. The number of aryl methyl sites for hydroxylation is 1. The first-order chi connectivity index (χ1) is 5.86. The van der Waals surface area contributed by atoms with Crippen LogP contribution >= 0.6 is 0 Å². The molecule has 0 amide bonds. The van der Waals surface area contributed by atoms with Crippen molar-refractivity contribution >= 4 is 0 Å². The number of hydrogen-bond donors (Lipinski definition) is 1. The zero-order valence-corrected chi connectivity index (χ0v) is 7.54. The minimum Gasteiger partial charge on any atom is -0.333 e. The predicted octanol–water partition coefficient (Wildman–Crippen LogP) is 1.70. The second-order valence-corrected chi connectivity index (χ2v) is 2.16. The molecule has 1 rings (SSSR count). The standard InChI is InChI=1S/C9H9N.CH5N/c1-2-8-3-5-9(7-10)6-4-8;1-2/h3-6H,2H2,1H3;2H2,1H3. The maximum Gasteiger partial charge on any atom is 0.0991 e. The Balaban J connectivity index is 0.000000561. The smallest absolute Gasteiger partial charge is 0.0991 e. The molecule has 0 aromatic heterocycles. The molecule has 0 unspecified atom stereocenters. The molecule has 0 radical (unpaired) electrons. The number of benzene rings is 1. The van der Waals surface area contributed by atoms with E-state index in [4.69, 9.17) is 5.26 Å². The lowest BCUT2D eigenvalue weighted by Gasteiger charge is -1.92. The molecule has 0 bridgehead atoms. The number of rotatable bonds is 1. The predicted molar refractivity (Wildman–Crippen MR) is 50.6 cm³/mol. The number of nitrogens with zero attached hydrogens (tertiary/aromatic N) is 1. The van der Waals surface area contributed by atoms with Crippen LogP contribution in [-0.4, -0.2) is 7.05 Å². The Morgan fingerprint density at radius 3 is 2.08 bits per heavy atom. The zero-order valence-electron chi connectivity index (χ0n) is 7.54. The van der Waals surface area contributed by atoms with Gasteiger partial charge in [-0.05, 0) is 31.2 Å². The fourth-order valence-corrected chi connectivity index (χ4v) is 0.815. The van der Waals surface area contributed by atoms with Gasteiger partial charge in [-0.1, -0.05) is 19.1 Å². The summed E-state index contributed by atoms with van der Waals surface area (Å²) >= 11 is 0. The van der Waals surface area contributed by atoms with E-state index in [-0.39, 0.29) is 0 Å². The first-order valence-corrected chi connectivity index (χ1v) is 3.93. The maximum absolute atomic E-state index is 8.45. The van der Waals surface area contributed by atoms with Crippen LogP contribution in [0.1, 0.15) is 18.1 Å². The van der Waals surface area contributed by atoms with Gasteiger partial charge in [0.25, 0.3) is 0 Å². The van der Waals surface area contributed by atoms with E-state index in [0.29, 0.717) is 0 Å². The minimum atomic E-state index is 0.734. The molecule has 0 saturated carbocycles. The molecule has 0 heterocycles. The van der Waals surface area contributed by atoms with Gasteiger partial charge in [0, 0.05) is 0 Å². The van der Waals surface area contributed by atoms with Gasteiger partial charge in [-0.25, -0.2) is 0 Å². The van der Waals surface area contributed by atoms with E-state index in [1.807, 2.05) is 24.3 Å². The van der Waals surface area contributed by atoms with E-state index >= 15 is 0 Å². The van der Waals surface area contributed by atoms with Crippen LogP contribution in [0, 0.1) is 11.3 Å². The second-order valence-electron chi connectivity index (χ2n) is 2.16. The van der Waals surface area contributed by atoms with Gasteiger partial charge in [-0.3, -0.25) is 0 Å². The van der Waals surface area contributed by atoms with Crippen LogP contribution in [-0.2, 0) is 6.42 Å². The Morgan fingerprint density at radius 1 is 1.25 bits per heavy atom. The summed E-state index contributed by atoms with van der Waals surface area (Å²) in [6.07, 6.45) is 1.03. The van der Waals surface area contributed by atoms with E-state index in [9.17, 15) is 0 Å². The van der Waals surface area contributed by atoms with Crippen LogP contribution in [0.3, 0.4) is 0 Å².